The van der Waals surface area contributed by atoms with Gasteiger partial charge in [0.1, 0.15) is 5.00 Å². The highest BCUT2D eigenvalue weighted by Gasteiger charge is 2.21. The van der Waals surface area contributed by atoms with E-state index < -0.39 is 11.7 Å². The first-order chi connectivity index (χ1) is 10.5. The lowest BCUT2D eigenvalue weighted by Crippen LogP contribution is -2.22. The second-order valence-electron chi connectivity index (χ2n) is 5.27. The standard InChI is InChI=1S/C16H15N3O2S/c1-9-4-5-19-11(3)8-12(13(19)6-9)15(20)16(21)17-14-7-10(2)18-22-14/h4-8H,1-3H3,(H,17,21). The second-order valence-corrected chi connectivity index (χ2v) is 6.08. The molecule has 3 rings (SSSR count). The summed E-state index contributed by atoms with van der Waals surface area (Å²) >= 11 is 1.16. The molecular weight excluding hydrogens is 298 g/mol. The van der Waals surface area contributed by atoms with Crippen LogP contribution in [-0.4, -0.2) is 20.5 Å². The van der Waals surface area contributed by atoms with Crippen LogP contribution in [0.3, 0.4) is 0 Å². The molecule has 0 saturated carbocycles. The average molecular weight is 313 g/mol. The summed E-state index contributed by atoms with van der Waals surface area (Å²) in [5.41, 5.74) is 3.93. The Morgan fingerprint density at radius 1 is 1.18 bits per heavy atom. The molecule has 0 aliphatic heterocycles. The third kappa shape index (κ3) is 2.53. The number of hydrogen-bond donors (Lipinski definition) is 1. The molecule has 3 aromatic heterocycles. The van der Waals surface area contributed by atoms with Crippen molar-refractivity contribution in [1.82, 2.24) is 8.77 Å². The highest BCUT2D eigenvalue weighted by atomic mass is 32.1. The van der Waals surface area contributed by atoms with Crippen molar-refractivity contribution in [3.8, 4) is 0 Å². The predicted octanol–water partition coefficient (Wildman–Crippen LogP) is 3.14. The summed E-state index contributed by atoms with van der Waals surface area (Å²) in [7, 11) is 0. The van der Waals surface area contributed by atoms with Crippen LogP contribution in [0.25, 0.3) is 5.52 Å². The van der Waals surface area contributed by atoms with Gasteiger partial charge in [-0.25, -0.2) is 0 Å². The first kappa shape index (κ1) is 14.5. The van der Waals surface area contributed by atoms with E-state index in [1.54, 1.807) is 12.1 Å². The zero-order valence-corrected chi connectivity index (χ0v) is 13.3. The molecule has 3 aromatic rings. The number of aryl methyl sites for hydroxylation is 3. The monoisotopic (exact) mass is 313 g/mol. The maximum absolute atomic E-state index is 12.5. The zero-order valence-electron chi connectivity index (χ0n) is 12.5. The van der Waals surface area contributed by atoms with Crippen LogP contribution in [0, 0.1) is 20.8 Å². The Balaban J connectivity index is 1.94. The Kier molecular flexibility index (Phi) is 3.54. The Hall–Kier alpha value is -2.47. The van der Waals surface area contributed by atoms with Crippen molar-refractivity contribution in [2.75, 3.05) is 5.32 Å². The largest absolute Gasteiger partial charge is 0.320 e. The number of ketones is 1. The van der Waals surface area contributed by atoms with Crippen molar-refractivity contribution in [1.29, 1.82) is 0 Å². The summed E-state index contributed by atoms with van der Waals surface area (Å²) in [4.78, 5) is 24.6. The van der Waals surface area contributed by atoms with Gasteiger partial charge >= 0.3 is 0 Å². The van der Waals surface area contributed by atoms with Crippen molar-refractivity contribution in [2.45, 2.75) is 20.8 Å². The van der Waals surface area contributed by atoms with Gasteiger partial charge in [0.2, 0.25) is 0 Å². The fourth-order valence-corrected chi connectivity index (χ4v) is 3.03. The summed E-state index contributed by atoms with van der Waals surface area (Å²) in [6.45, 7) is 5.70. The van der Waals surface area contributed by atoms with Gasteiger partial charge in [-0.3, -0.25) is 9.59 Å². The fraction of sp³-hybridized carbons (Fsp3) is 0.188. The molecule has 0 spiro atoms. The summed E-state index contributed by atoms with van der Waals surface area (Å²) in [6.07, 6.45) is 1.90. The zero-order chi connectivity index (χ0) is 15.9. The van der Waals surface area contributed by atoms with E-state index in [9.17, 15) is 9.59 Å². The summed E-state index contributed by atoms with van der Waals surface area (Å²) in [6, 6.07) is 7.36. The molecule has 0 unspecified atom stereocenters. The maximum Gasteiger partial charge on any atom is 0.297 e. The van der Waals surface area contributed by atoms with Gasteiger partial charge in [0.25, 0.3) is 11.7 Å². The van der Waals surface area contributed by atoms with Gasteiger partial charge in [-0.2, -0.15) is 4.37 Å². The van der Waals surface area contributed by atoms with Crippen molar-refractivity contribution < 1.29 is 9.59 Å². The Morgan fingerprint density at radius 3 is 2.64 bits per heavy atom. The number of hydrogen-bond acceptors (Lipinski definition) is 4. The molecule has 0 bridgehead atoms. The molecule has 0 aliphatic rings. The van der Waals surface area contributed by atoms with Gasteiger partial charge in [-0.1, -0.05) is 0 Å². The van der Waals surface area contributed by atoms with Gasteiger partial charge in [0.15, 0.2) is 0 Å². The number of amides is 1. The van der Waals surface area contributed by atoms with Crippen LogP contribution in [0.5, 0.6) is 0 Å². The summed E-state index contributed by atoms with van der Waals surface area (Å²) in [5.74, 6) is -1.18. The number of rotatable bonds is 3. The van der Waals surface area contributed by atoms with Gasteiger partial charge < -0.3 is 9.72 Å². The number of fused-ring (bicyclic) bond motifs is 1. The molecule has 0 fully saturated rings. The third-order valence-electron chi connectivity index (χ3n) is 3.44. The van der Waals surface area contributed by atoms with Crippen molar-refractivity contribution >= 4 is 33.7 Å². The van der Waals surface area contributed by atoms with E-state index >= 15 is 0 Å². The summed E-state index contributed by atoms with van der Waals surface area (Å²) < 4.78 is 5.99. The second kappa shape index (κ2) is 5.38. The third-order valence-corrected chi connectivity index (χ3v) is 4.23. The number of pyridine rings is 1. The molecule has 1 amide bonds. The number of nitrogens with one attached hydrogen (secondary N) is 1. The summed E-state index contributed by atoms with van der Waals surface area (Å²) in [5, 5.41) is 3.18. The van der Waals surface area contributed by atoms with E-state index in [1.807, 2.05) is 43.5 Å². The van der Waals surface area contributed by atoms with Crippen LogP contribution in [0.1, 0.15) is 27.3 Å². The number of anilines is 1. The van der Waals surface area contributed by atoms with Gasteiger partial charge in [-0.05, 0) is 62.1 Å². The number of carbonyl (C=O) groups excluding carboxylic acids is 2. The number of aromatic nitrogens is 2. The first-order valence-electron chi connectivity index (χ1n) is 6.83. The van der Waals surface area contributed by atoms with Gasteiger partial charge in [-0.15, -0.1) is 0 Å². The minimum absolute atomic E-state index is 0.417. The van der Waals surface area contributed by atoms with E-state index in [4.69, 9.17) is 0 Å². The number of Topliss-reactive ketones (excluding diaryl/α,β-unsaturated/α-hetero) is 1. The van der Waals surface area contributed by atoms with E-state index in [2.05, 4.69) is 9.69 Å². The molecule has 1 N–H and O–H groups in total. The molecular formula is C16H15N3O2S. The highest BCUT2D eigenvalue weighted by molar-refractivity contribution is 7.10. The fourth-order valence-electron chi connectivity index (χ4n) is 2.37. The lowest BCUT2D eigenvalue weighted by Gasteiger charge is -2.02. The molecule has 112 valence electrons. The topological polar surface area (TPSA) is 63.5 Å². The predicted molar refractivity (Wildman–Crippen MR) is 86.7 cm³/mol. The van der Waals surface area contributed by atoms with E-state index in [-0.39, 0.29) is 0 Å². The van der Waals surface area contributed by atoms with Gasteiger partial charge in [0.05, 0.1) is 16.8 Å². The minimum Gasteiger partial charge on any atom is -0.320 e. The van der Waals surface area contributed by atoms with Crippen LogP contribution in [0.2, 0.25) is 0 Å². The molecule has 0 atom stereocenters. The van der Waals surface area contributed by atoms with Gasteiger partial charge in [0, 0.05) is 11.9 Å². The normalized spacial score (nSPS) is 10.9. The Morgan fingerprint density at radius 2 is 1.95 bits per heavy atom. The lowest BCUT2D eigenvalue weighted by atomic mass is 10.1. The van der Waals surface area contributed by atoms with E-state index in [1.165, 1.54) is 0 Å². The number of nitrogens with zero attached hydrogens (tertiary/aromatic N) is 2. The molecule has 5 nitrogen and oxygen atoms in total. The molecule has 0 saturated heterocycles. The lowest BCUT2D eigenvalue weighted by molar-refractivity contribution is -0.112. The van der Waals surface area contributed by atoms with Crippen molar-refractivity contribution in [3.63, 3.8) is 0 Å². The molecule has 3 heterocycles. The van der Waals surface area contributed by atoms with Crippen LogP contribution in [0.15, 0.2) is 30.5 Å². The maximum atomic E-state index is 12.5. The van der Waals surface area contributed by atoms with E-state index in [0.29, 0.717) is 10.6 Å². The molecule has 22 heavy (non-hydrogen) atoms. The van der Waals surface area contributed by atoms with Crippen molar-refractivity contribution in [3.05, 3.63) is 53.0 Å². The van der Waals surface area contributed by atoms with Crippen LogP contribution < -0.4 is 5.32 Å². The number of carbonyl (C=O) groups is 2. The first-order valence-corrected chi connectivity index (χ1v) is 7.60. The smallest absolute Gasteiger partial charge is 0.297 e. The van der Waals surface area contributed by atoms with Crippen LogP contribution >= 0.6 is 11.5 Å². The quantitative estimate of drug-likeness (QED) is 0.597. The van der Waals surface area contributed by atoms with E-state index in [0.717, 1.165) is 34.0 Å². The SMILES string of the molecule is Cc1ccn2c(C)cc(C(=O)C(=O)Nc3cc(C)ns3)c2c1. The van der Waals surface area contributed by atoms with Crippen molar-refractivity contribution in [2.24, 2.45) is 0 Å². The molecule has 0 aromatic carbocycles. The van der Waals surface area contributed by atoms with Crippen LogP contribution in [0.4, 0.5) is 5.00 Å². The molecule has 0 aliphatic carbocycles. The molecule has 6 heteroatoms. The highest BCUT2D eigenvalue weighted by Crippen LogP contribution is 2.20. The Bertz CT molecular complexity index is 892. The molecule has 0 radical (unpaired) electrons. The van der Waals surface area contributed by atoms with Crippen LogP contribution in [-0.2, 0) is 4.79 Å². The Labute approximate surface area is 131 Å². The average Bonchev–Trinajstić information content (AvgIpc) is 3.02. The minimum atomic E-state index is -0.641.